The minimum absolute atomic E-state index is 0.227. The van der Waals surface area contributed by atoms with Crippen LogP contribution in [0.15, 0.2) is 43.0 Å². The van der Waals surface area contributed by atoms with E-state index >= 15 is 0 Å². The highest BCUT2D eigenvalue weighted by Crippen LogP contribution is 2.24. The minimum Gasteiger partial charge on any atom is -0.445 e. The molecule has 1 heterocycles. The summed E-state index contributed by atoms with van der Waals surface area (Å²) in [4.78, 5) is 13.7. The zero-order valence-electron chi connectivity index (χ0n) is 10.7. The molecule has 2 rings (SSSR count). The Bertz CT molecular complexity index is 416. The number of ether oxygens (including phenoxy) is 1. The van der Waals surface area contributed by atoms with E-state index in [0.29, 0.717) is 18.4 Å². The van der Waals surface area contributed by atoms with Crippen LogP contribution in [0.2, 0.25) is 0 Å². The smallest absolute Gasteiger partial charge is 0.410 e. The maximum Gasteiger partial charge on any atom is 0.410 e. The zero-order chi connectivity index (χ0) is 13.0. The summed E-state index contributed by atoms with van der Waals surface area (Å²) in [5, 5.41) is 0. The molecule has 1 aliphatic rings. The summed E-state index contributed by atoms with van der Waals surface area (Å²) in [7, 11) is 0. The lowest BCUT2D eigenvalue weighted by atomic mass is 9.99. The third-order valence-corrected chi connectivity index (χ3v) is 3.44. The monoisotopic (exact) mass is 245 g/mol. The lowest BCUT2D eigenvalue weighted by molar-refractivity contribution is 0.103. The predicted molar refractivity (Wildman–Crippen MR) is 71.1 cm³/mol. The molecule has 0 radical (unpaired) electrons. The normalized spacial score (nSPS) is 22.8. The summed E-state index contributed by atoms with van der Waals surface area (Å²) in [5.74, 6) is 0.848. The number of carbonyl (C=O) groups is 1. The van der Waals surface area contributed by atoms with Crippen molar-refractivity contribution >= 4 is 6.09 Å². The van der Waals surface area contributed by atoms with Crippen LogP contribution in [0.1, 0.15) is 12.5 Å². The second-order valence-electron chi connectivity index (χ2n) is 4.82. The summed E-state index contributed by atoms with van der Waals surface area (Å²) in [6.07, 6.45) is 1.70. The number of amides is 1. The van der Waals surface area contributed by atoms with E-state index in [1.54, 1.807) is 4.90 Å². The Morgan fingerprint density at radius 1 is 1.44 bits per heavy atom. The molecule has 0 bridgehead atoms. The first-order valence-corrected chi connectivity index (χ1v) is 6.29. The maximum absolute atomic E-state index is 11.9. The molecule has 3 nitrogen and oxygen atoms in total. The van der Waals surface area contributed by atoms with Crippen molar-refractivity contribution in [3.05, 3.63) is 48.6 Å². The Kier molecular flexibility index (Phi) is 4.03. The van der Waals surface area contributed by atoms with Gasteiger partial charge in [-0.15, -0.1) is 6.58 Å². The van der Waals surface area contributed by atoms with Crippen LogP contribution in [-0.4, -0.2) is 24.1 Å². The fraction of sp³-hybridized carbons (Fsp3) is 0.400. The number of hydrogen-bond donors (Lipinski definition) is 0. The molecule has 2 atom stereocenters. The first kappa shape index (κ1) is 12.7. The topological polar surface area (TPSA) is 29.5 Å². The highest BCUT2D eigenvalue weighted by Gasteiger charge is 2.31. The zero-order valence-corrected chi connectivity index (χ0v) is 10.7. The van der Waals surface area contributed by atoms with Crippen molar-refractivity contribution in [3.8, 4) is 0 Å². The lowest BCUT2D eigenvalue weighted by Crippen LogP contribution is -2.29. The van der Waals surface area contributed by atoms with Crippen LogP contribution in [0.4, 0.5) is 4.79 Å². The van der Waals surface area contributed by atoms with E-state index in [9.17, 15) is 4.79 Å². The molecule has 1 fully saturated rings. The van der Waals surface area contributed by atoms with Gasteiger partial charge in [0.1, 0.15) is 6.61 Å². The van der Waals surface area contributed by atoms with Gasteiger partial charge < -0.3 is 9.64 Å². The van der Waals surface area contributed by atoms with Gasteiger partial charge in [0.2, 0.25) is 0 Å². The summed E-state index contributed by atoms with van der Waals surface area (Å²) in [6, 6.07) is 9.73. The molecule has 1 aromatic carbocycles. The molecule has 18 heavy (non-hydrogen) atoms. The van der Waals surface area contributed by atoms with Crippen molar-refractivity contribution in [2.45, 2.75) is 13.5 Å². The van der Waals surface area contributed by atoms with E-state index < -0.39 is 0 Å². The minimum atomic E-state index is -0.227. The van der Waals surface area contributed by atoms with E-state index in [1.807, 2.05) is 36.4 Å². The van der Waals surface area contributed by atoms with Crippen LogP contribution in [0.3, 0.4) is 0 Å². The van der Waals surface area contributed by atoms with Crippen molar-refractivity contribution in [2.24, 2.45) is 11.8 Å². The van der Waals surface area contributed by atoms with E-state index in [2.05, 4.69) is 13.5 Å². The van der Waals surface area contributed by atoms with E-state index in [0.717, 1.165) is 18.7 Å². The van der Waals surface area contributed by atoms with Gasteiger partial charge in [0.05, 0.1) is 0 Å². The molecule has 0 saturated carbocycles. The van der Waals surface area contributed by atoms with Crippen molar-refractivity contribution in [3.63, 3.8) is 0 Å². The molecule has 3 heteroatoms. The molecule has 1 aliphatic heterocycles. The SMILES string of the molecule is C=C[C@@H]1CN(C(=O)OCc2ccccc2)CC1C. The second kappa shape index (κ2) is 5.71. The number of likely N-dealkylation sites (tertiary alicyclic amines) is 1. The third-order valence-electron chi connectivity index (χ3n) is 3.44. The van der Waals surface area contributed by atoms with E-state index in [4.69, 9.17) is 4.74 Å². The fourth-order valence-corrected chi connectivity index (χ4v) is 2.26. The molecule has 0 aromatic heterocycles. The maximum atomic E-state index is 11.9. The number of nitrogens with zero attached hydrogens (tertiary/aromatic N) is 1. The molecule has 96 valence electrons. The Morgan fingerprint density at radius 2 is 2.17 bits per heavy atom. The quantitative estimate of drug-likeness (QED) is 0.766. The van der Waals surface area contributed by atoms with Gasteiger partial charge in [-0.05, 0) is 17.4 Å². The second-order valence-corrected chi connectivity index (χ2v) is 4.82. The molecular formula is C15H19NO2. The van der Waals surface area contributed by atoms with Gasteiger partial charge in [-0.2, -0.15) is 0 Å². The van der Waals surface area contributed by atoms with Gasteiger partial charge in [-0.1, -0.05) is 43.3 Å². The molecule has 1 amide bonds. The Hall–Kier alpha value is -1.77. The highest BCUT2D eigenvalue weighted by atomic mass is 16.6. The van der Waals surface area contributed by atoms with Crippen LogP contribution in [-0.2, 0) is 11.3 Å². The van der Waals surface area contributed by atoms with Crippen LogP contribution < -0.4 is 0 Å². The molecule has 1 saturated heterocycles. The Morgan fingerprint density at radius 3 is 2.78 bits per heavy atom. The Labute approximate surface area is 108 Å². The van der Waals surface area contributed by atoms with Gasteiger partial charge in [-0.3, -0.25) is 0 Å². The number of rotatable bonds is 3. The van der Waals surface area contributed by atoms with Crippen LogP contribution in [0.5, 0.6) is 0 Å². The molecule has 0 N–H and O–H groups in total. The molecular weight excluding hydrogens is 226 g/mol. The standard InChI is InChI=1S/C15H19NO2/c1-3-14-10-16(9-12(14)2)15(17)18-11-13-7-5-4-6-8-13/h3-8,12,14H,1,9-11H2,2H3/t12?,14-/m1/s1. The van der Waals surface area contributed by atoms with Gasteiger partial charge in [0, 0.05) is 13.1 Å². The molecule has 0 aliphatic carbocycles. The van der Waals surface area contributed by atoms with Crippen molar-refractivity contribution < 1.29 is 9.53 Å². The van der Waals surface area contributed by atoms with Gasteiger partial charge in [0.25, 0.3) is 0 Å². The van der Waals surface area contributed by atoms with Crippen molar-refractivity contribution in [1.82, 2.24) is 4.90 Å². The molecule has 1 unspecified atom stereocenters. The van der Waals surface area contributed by atoms with Crippen LogP contribution >= 0.6 is 0 Å². The van der Waals surface area contributed by atoms with E-state index in [-0.39, 0.29) is 6.09 Å². The summed E-state index contributed by atoms with van der Waals surface area (Å²) in [6.45, 7) is 7.75. The first-order valence-electron chi connectivity index (χ1n) is 6.29. The molecule has 0 spiro atoms. The van der Waals surface area contributed by atoms with Crippen molar-refractivity contribution in [1.29, 1.82) is 0 Å². The third kappa shape index (κ3) is 2.92. The predicted octanol–water partition coefficient (Wildman–Crippen LogP) is 3.08. The first-order chi connectivity index (χ1) is 8.70. The highest BCUT2D eigenvalue weighted by molar-refractivity contribution is 5.68. The average molecular weight is 245 g/mol. The lowest BCUT2D eigenvalue weighted by Gasteiger charge is -2.15. The van der Waals surface area contributed by atoms with Gasteiger partial charge >= 0.3 is 6.09 Å². The van der Waals surface area contributed by atoms with Gasteiger partial charge in [-0.25, -0.2) is 4.79 Å². The van der Waals surface area contributed by atoms with Crippen molar-refractivity contribution in [2.75, 3.05) is 13.1 Å². The van der Waals surface area contributed by atoms with E-state index in [1.165, 1.54) is 0 Å². The summed E-state index contributed by atoms with van der Waals surface area (Å²) >= 11 is 0. The average Bonchev–Trinajstić information content (AvgIpc) is 2.78. The van der Waals surface area contributed by atoms with Gasteiger partial charge in [0.15, 0.2) is 0 Å². The number of benzene rings is 1. The summed E-state index contributed by atoms with van der Waals surface area (Å²) < 4.78 is 5.31. The fourth-order valence-electron chi connectivity index (χ4n) is 2.26. The summed E-state index contributed by atoms with van der Waals surface area (Å²) in [5.41, 5.74) is 1.01. The number of carbonyl (C=O) groups excluding carboxylic acids is 1. The largest absolute Gasteiger partial charge is 0.445 e. The number of hydrogen-bond acceptors (Lipinski definition) is 2. The molecule has 1 aromatic rings. The Balaban J connectivity index is 1.84. The van der Waals surface area contributed by atoms with Crippen LogP contribution in [0, 0.1) is 11.8 Å². The van der Waals surface area contributed by atoms with Crippen LogP contribution in [0.25, 0.3) is 0 Å².